The zero-order chi connectivity index (χ0) is 15.1. The van der Waals surface area contributed by atoms with Crippen molar-refractivity contribution < 1.29 is 19.7 Å². The van der Waals surface area contributed by atoms with Gasteiger partial charge in [0.15, 0.2) is 5.69 Å². The maximum Gasteiger partial charge on any atom is 0.404 e. The SMILES string of the molecule is O=C(O)NCCCNc1c([N+](=O)[O-])cccc1[N+](=O)[O-]. The molecule has 20 heavy (non-hydrogen) atoms. The number of amides is 1. The average molecular weight is 284 g/mol. The van der Waals surface area contributed by atoms with Gasteiger partial charge in [-0.25, -0.2) is 4.79 Å². The molecule has 0 aliphatic heterocycles. The first-order valence-corrected chi connectivity index (χ1v) is 5.56. The van der Waals surface area contributed by atoms with Crippen LogP contribution in [0.25, 0.3) is 0 Å². The smallest absolute Gasteiger partial charge is 0.404 e. The second-order valence-corrected chi connectivity index (χ2v) is 3.70. The Bertz CT molecular complexity index is 500. The number of hydrogen-bond donors (Lipinski definition) is 3. The van der Waals surface area contributed by atoms with E-state index in [9.17, 15) is 25.0 Å². The van der Waals surface area contributed by atoms with Crippen LogP contribution in [0.5, 0.6) is 0 Å². The fourth-order valence-corrected chi connectivity index (χ4v) is 1.51. The summed E-state index contributed by atoms with van der Waals surface area (Å²) in [7, 11) is 0. The fraction of sp³-hybridized carbons (Fsp3) is 0.300. The predicted octanol–water partition coefficient (Wildman–Crippen LogP) is 1.57. The molecule has 3 N–H and O–H groups in total. The number of anilines is 1. The first-order valence-electron chi connectivity index (χ1n) is 5.56. The minimum Gasteiger partial charge on any atom is -0.465 e. The molecular formula is C10H12N4O6. The van der Waals surface area contributed by atoms with E-state index in [2.05, 4.69) is 10.6 Å². The summed E-state index contributed by atoms with van der Waals surface area (Å²) < 4.78 is 0. The molecule has 1 aromatic rings. The molecule has 108 valence electrons. The first-order chi connectivity index (χ1) is 9.43. The zero-order valence-corrected chi connectivity index (χ0v) is 10.2. The van der Waals surface area contributed by atoms with Crippen molar-refractivity contribution in [3.8, 4) is 0 Å². The Morgan fingerprint density at radius 2 is 1.70 bits per heavy atom. The van der Waals surface area contributed by atoms with Gasteiger partial charge in [-0.3, -0.25) is 20.2 Å². The number of rotatable bonds is 7. The van der Waals surface area contributed by atoms with Gasteiger partial charge in [-0.2, -0.15) is 0 Å². The summed E-state index contributed by atoms with van der Waals surface area (Å²) in [6.45, 7) is 0.294. The Balaban J connectivity index is 2.78. The van der Waals surface area contributed by atoms with Crippen molar-refractivity contribution in [1.29, 1.82) is 0 Å². The van der Waals surface area contributed by atoms with Crippen LogP contribution in [0.15, 0.2) is 18.2 Å². The number of nitrogens with one attached hydrogen (secondary N) is 2. The lowest BCUT2D eigenvalue weighted by Gasteiger charge is -2.07. The maximum atomic E-state index is 10.8. The third-order valence-corrected chi connectivity index (χ3v) is 2.35. The molecule has 0 saturated carbocycles. The molecule has 0 fully saturated rings. The van der Waals surface area contributed by atoms with E-state index in [4.69, 9.17) is 5.11 Å². The largest absolute Gasteiger partial charge is 0.465 e. The van der Waals surface area contributed by atoms with Gasteiger partial charge in [0.2, 0.25) is 0 Å². The van der Waals surface area contributed by atoms with Gasteiger partial charge in [0.05, 0.1) is 9.85 Å². The molecular weight excluding hydrogens is 272 g/mol. The first kappa shape index (κ1) is 15.1. The molecule has 0 atom stereocenters. The summed E-state index contributed by atoms with van der Waals surface area (Å²) in [6.07, 6.45) is -0.850. The van der Waals surface area contributed by atoms with Crippen LogP contribution in [-0.4, -0.2) is 34.1 Å². The molecule has 10 heteroatoms. The van der Waals surface area contributed by atoms with E-state index in [0.717, 1.165) is 12.1 Å². The second kappa shape index (κ2) is 6.87. The monoisotopic (exact) mass is 284 g/mol. The summed E-state index contributed by atoms with van der Waals surface area (Å²) in [5.41, 5.74) is -0.978. The van der Waals surface area contributed by atoms with Gasteiger partial charge in [0, 0.05) is 25.2 Å². The molecule has 1 rings (SSSR count). The number of carbonyl (C=O) groups is 1. The predicted molar refractivity (Wildman–Crippen MR) is 68.9 cm³/mol. The molecule has 0 aliphatic carbocycles. The Morgan fingerprint density at radius 3 is 2.15 bits per heavy atom. The highest BCUT2D eigenvalue weighted by atomic mass is 16.6. The van der Waals surface area contributed by atoms with Gasteiger partial charge >= 0.3 is 6.09 Å². The third kappa shape index (κ3) is 4.08. The number of nitro groups is 2. The number of nitrogens with zero attached hydrogens (tertiary/aromatic N) is 2. The Hall–Kier alpha value is -2.91. The quantitative estimate of drug-likeness (QED) is 0.391. The molecule has 1 aromatic carbocycles. The standard InChI is InChI=1S/C10H12N4O6/c15-10(16)12-6-2-5-11-9-7(13(17)18)3-1-4-8(9)14(19)20/h1,3-4,11-12H,2,5-6H2,(H,15,16). The second-order valence-electron chi connectivity index (χ2n) is 3.70. The van der Waals surface area contributed by atoms with E-state index in [0.29, 0.717) is 6.42 Å². The highest BCUT2D eigenvalue weighted by molar-refractivity contribution is 5.73. The fourth-order valence-electron chi connectivity index (χ4n) is 1.51. The number of para-hydroxylation sites is 1. The van der Waals surface area contributed by atoms with Gasteiger partial charge < -0.3 is 15.7 Å². The van der Waals surface area contributed by atoms with E-state index in [1.165, 1.54) is 6.07 Å². The van der Waals surface area contributed by atoms with Crippen molar-refractivity contribution in [1.82, 2.24) is 5.32 Å². The van der Waals surface area contributed by atoms with Crippen LogP contribution in [0.3, 0.4) is 0 Å². The van der Waals surface area contributed by atoms with Crippen molar-refractivity contribution >= 4 is 23.2 Å². The molecule has 10 nitrogen and oxygen atoms in total. The highest BCUT2D eigenvalue weighted by Gasteiger charge is 2.23. The molecule has 0 aromatic heterocycles. The van der Waals surface area contributed by atoms with Crippen molar-refractivity contribution in [3.05, 3.63) is 38.4 Å². The van der Waals surface area contributed by atoms with Crippen LogP contribution in [0.2, 0.25) is 0 Å². The minimum absolute atomic E-state index is 0.136. The Morgan fingerprint density at radius 1 is 1.15 bits per heavy atom. The lowest BCUT2D eigenvalue weighted by molar-refractivity contribution is -0.392. The highest BCUT2D eigenvalue weighted by Crippen LogP contribution is 2.33. The molecule has 0 spiro atoms. The van der Waals surface area contributed by atoms with E-state index in [-0.39, 0.29) is 18.8 Å². The van der Waals surface area contributed by atoms with Crippen LogP contribution in [0, 0.1) is 20.2 Å². The molecule has 0 heterocycles. The van der Waals surface area contributed by atoms with E-state index < -0.39 is 27.3 Å². The molecule has 0 bridgehead atoms. The Labute approximate surface area is 112 Å². The van der Waals surface area contributed by atoms with Crippen molar-refractivity contribution in [2.24, 2.45) is 0 Å². The molecule has 1 amide bonds. The average Bonchev–Trinajstić information content (AvgIpc) is 2.37. The molecule has 0 saturated heterocycles. The summed E-state index contributed by atoms with van der Waals surface area (Å²) in [5, 5.41) is 34.7. The summed E-state index contributed by atoms with van der Waals surface area (Å²) in [5.74, 6) is 0. The van der Waals surface area contributed by atoms with Crippen molar-refractivity contribution in [3.63, 3.8) is 0 Å². The van der Waals surface area contributed by atoms with Crippen LogP contribution in [0.1, 0.15) is 6.42 Å². The van der Waals surface area contributed by atoms with Crippen LogP contribution >= 0.6 is 0 Å². The number of hydrogen-bond acceptors (Lipinski definition) is 6. The number of nitro benzene ring substituents is 2. The summed E-state index contributed by atoms with van der Waals surface area (Å²) in [6, 6.07) is 3.54. The van der Waals surface area contributed by atoms with E-state index >= 15 is 0 Å². The lowest BCUT2D eigenvalue weighted by Crippen LogP contribution is -2.23. The number of benzene rings is 1. The lowest BCUT2D eigenvalue weighted by atomic mass is 10.2. The van der Waals surface area contributed by atoms with Crippen LogP contribution in [-0.2, 0) is 0 Å². The molecule has 0 radical (unpaired) electrons. The van der Waals surface area contributed by atoms with E-state index in [1.807, 2.05) is 0 Å². The maximum absolute atomic E-state index is 10.8. The molecule has 0 aliphatic rings. The minimum atomic E-state index is -1.18. The van der Waals surface area contributed by atoms with Gasteiger partial charge in [-0.15, -0.1) is 0 Å². The van der Waals surface area contributed by atoms with Crippen LogP contribution in [0.4, 0.5) is 21.9 Å². The van der Waals surface area contributed by atoms with Crippen molar-refractivity contribution in [2.75, 3.05) is 18.4 Å². The van der Waals surface area contributed by atoms with Gasteiger partial charge in [0.1, 0.15) is 0 Å². The summed E-state index contributed by atoms with van der Waals surface area (Å²) >= 11 is 0. The van der Waals surface area contributed by atoms with Crippen molar-refractivity contribution in [2.45, 2.75) is 6.42 Å². The topological polar surface area (TPSA) is 148 Å². The normalized spacial score (nSPS) is 9.80. The van der Waals surface area contributed by atoms with Crippen LogP contribution < -0.4 is 10.6 Å². The summed E-state index contributed by atoms with van der Waals surface area (Å²) in [4.78, 5) is 30.4. The van der Waals surface area contributed by atoms with Gasteiger partial charge in [0.25, 0.3) is 11.4 Å². The zero-order valence-electron chi connectivity index (χ0n) is 10.2. The van der Waals surface area contributed by atoms with Gasteiger partial charge in [-0.1, -0.05) is 0 Å². The van der Waals surface area contributed by atoms with E-state index in [1.54, 1.807) is 0 Å². The third-order valence-electron chi connectivity index (χ3n) is 2.35. The number of carboxylic acid groups (broad SMARTS) is 1. The molecule has 0 unspecified atom stereocenters. The Kier molecular flexibility index (Phi) is 5.21. The van der Waals surface area contributed by atoms with Gasteiger partial charge in [-0.05, 0) is 12.5 Å².